The Balaban J connectivity index is 2.85. The van der Waals surface area contributed by atoms with Crippen molar-refractivity contribution in [2.45, 2.75) is 40.2 Å². The molecule has 0 heterocycles. The largest absolute Gasteiger partial charge is 0.395 e. The molecule has 0 amide bonds. The second kappa shape index (κ2) is 10.2. The van der Waals surface area contributed by atoms with Gasteiger partial charge in [-0.25, -0.2) is 0 Å². The Morgan fingerprint density at radius 2 is 2.05 bits per heavy atom. The number of nitrogens with one attached hydrogen (secondary N) is 1. The third kappa shape index (κ3) is 6.81. The Morgan fingerprint density at radius 3 is 2.67 bits per heavy atom. The predicted octanol–water partition coefficient (Wildman–Crippen LogP) is 3.79. The lowest BCUT2D eigenvalue weighted by Crippen LogP contribution is -2.29. The van der Waals surface area contributed by atoms with Crippen LogP contribution in [0.5, 0.6) is 0 Å². The number of anilines is 1. The zero-order valence-corrected chi connectivity index (χ0v) is 15.1. The van der Waals surface area contributed by atoms with Crippen molar-refractivity contribution < 1.29 is 5.11 Å². The molecule has 0 radical (unpaired) electrons. The Morgan fingerprint density at radius 1 is 1.29 bits per heavy atom. The van der Waals surface area contributed by atoms with E-state index in [9.17, 15) is 5.11 Å². The number of benzene rings is 1. The third-order valence-corrected chi connectivity index (χ3v) is 3.90. The quantitative estimate of drug-likeness (QED) is 0.669. The van der Waals surface area contributed by atoms with Crippen molar-refractivity contribution in [2.24, 2.45) is 5.92 Å². The van der Waals surface area contributed by atoms with Crippen LogP contribution in [0.25, 0.3) is 0 Å². The maximum atomic E-state index is 9.33. The molecule has 0 aliphatic heterocycles. The van der Waals surface area contributed by atoms with Crippen LogP contribution >= 0.6 is 15.9 Å². The summed E-state index contributed by atoms with van der Waals surface area (Å²) in [5.74, 6) is 0.647. The lowest BCUT2D eigenvalue weighted by molar-refractivity contribution is 0.301. The van der Waals surface area contributed by atoms with E-state index in [1.165, 1.54) is 17.7 Å². The highest BCUT2D eigenvalue weighted by Gasteiger charge is 2.11. The van der Waals surface area contributed by atoms with Gasteiger partial charge >= 0.3 is 0 Å². The van der Waals surface area contributed by atoms with Gasteiger partial charge in [0.15, 0.2) is 0 Å². The lowest BCUT2D eigenvalue weighted by atomic mass is 10.1. The molecule has 0 saturated heterocycles. The van der Waals surface area contributed by atoms with Crippen LogP contribution in [-0.4, -0.2) is 31.3 Å². The second-order valence-electron chi connectivity index (χ2n) is 5.86. The van der Waals surface area contributed by atoms with Crippen LogP contribution < -0.4 is 10.2 Å². The van der Waals surface area contributed by atoms with Crippen molar-refractivity contribution in [2.75, 3.05) is 31.1 Å². The van der Waals surface area contributed by atoms with Gasteiger partial charge in [0.25, 0.3) is 0 Å². The number of aliphatic hydroxyl groups excluding tert-OH is 1. The Hall–Kier alpha value is -0.580. The van der Waals surface area contributed by atoms with E-state index in [0.717, 1.165) is 30.5 Å². The molecule has 2 N–H and O–H groups in total. The standard InChI is InChI=1S/C17H29BrN2O/c1-4-5-8-20(9-10-21)17-7-6-16(18)11-15(17)13-19-12-14(2)3/h6-7,11,14,19,21H,4-5,8-10,12-13H2,1-3H3. The minimum absolute atomic E-state index is 0.193. The summed E-state index contributed by atoms with van der Waals surface area (Å²) >= 11 is 3.56. The molecule has 0 saturated carbocycles. The predicted molar refractivity (Wildman–Crippen MR) is 94.9 cm³/mol. The summed E-state index contributed by atoms with van der Waals surface area (Å²) in [5.41, 5.74) is 2.52. The van der Waals surface area contributed by atoms with Gasteiger partial charge in [-0.05, 0) is 42.6 Å². The van der Waals surface area contributed by atoms with Gasteiger partial charge in [-0.15, -0.1) is 0 Å². The average Bonchev–Trinajstić information content (AvgIpc) is 2.43. The Labute approximate surface area is 137 Å². The summed E-state index contributed by atoms with van der Waals surface area (Å²) in [7, 11) is 0. The number of rotatable bonds is 10. The minimum atomic E-state index is 0.193. The molecule has 3 nitrogen and oxygen atoms in total. The highest BCUT2D eigenvalue weighted by atomic mass is 79.9. The maximum Gasteiger partial charge on any atom is 0.0606 e. The number of halogens is 1. The summed E-state index contributed by atoms with van der Waals surface area (Å²) in [6, 6.07) is 6.42. The molecule has 4 heteroatoms. The fourth-order valence-electron chi connectivity index (χ4n) is 2.32. The molecule has 0 aliphatic rings. The molecule has 0 aliphatic carbocycles. The van der Waals surface area contributed by atoms with Gasteiger partial charge in [0.1, 0.15) is 0 Å². The first-order valence-electron chi connectivity index (χ1n) is 7.93. The zero-order valence-electron chi connectivity index (χ0n) is 13.5. The molecular formula is C17H29BrN2O. The monoisotopic (exact) mass is 356 g/mol. The molecule has 1 aromatic rings. The van der Waals surface area contributed by atoms with Crippen LogP contribution in [0.3, 0.4) is 0 Å². The first-order valence-corrected chi connectivity index (χ1v) is 8.72. The molecule has 0 bridgehead atoms. The van der Waals surface area contributed by atoms with E-state index in [1.807, 2.05) is 0 Å². The lowest BCUT2D eigenvalue weighted by Gasteiger charge is -2.27. The van der Waals surface area contributed by atoms with E-state index < -0.39 is 0 Å². The summed E-state index contributed by atoms with van der Waals surface area (Å²) in [4.78, 5) is 2.29. The number of unbranched alkanes of at least 4 members (excludes halogenated alkanes) is 1. The molecule has 1 rings (SSSR count). The second-order valence-corrected chi connectivity index (χ2v) is 6.78. The van der Waals surface area contributed by atoms with Crippen LogP contribution in [-0.2, 0) is 6.54 Å². The van der Waals surface area contributed by atoms with E-state index in [1.54, 1.807) is 0 Å². The normalized spacial score (nSPS) is 11.1. The van der Waals surface area contributed by atoms with Gasteiger partial charge in [-0.2, -0.15) is 0 Å². The van der Waals surface area contributed by atoms with Gasteiger partial charge in [-0.3, -0.25) is 0 Å². The van der Waals surface area contributed by atoms with E-state index in [4.69, 9.17) is 0 Å². The van der Waals surface area contributed by atoms with Gasteiger partial charge in [0.05, 0.1) is 6.61 Å². The van der Waals surface area contributed by atoms with Crippen molar-refractivity contribution in [3.63, 3.8) is 0 Å². The topological polar surface area (TPSA) is 35.5 Å². The maximum absolute atomic E-state index is 9.33. The molecule has 21 heavy (non-hydrogen) atoms. The fraction of sp³-hybridized carbons (Fsp3) is 0.647. The van der Waals surface area contributed by atoms with Crippen molar-refractivity contribution >= 4 is 21.6 Å². The fourth-order valence-corrected chi connectivity index (χ4v) is 2.73. The molecule has 0 aromatic heterocycles. The number of nitrogens with zero attached hydrogens (tertiary/aromatic N) is 1. The molecule has 0 atom stereocenters. The number of hydrogen-bond acceptors (Lipinski definition) is 3. The summed E-state index contributed by atoms with van der Waals surface area (Å²) in [5, 5.41) is 12.8. The van der Waals surface area contributed by atoms with Crippen LogP contribution in [0, 0.1) is 5.92 Å². The van der Waals surface area contributed by atoms with Crippen LogP contribution in [0.4, 0.5) is 5.69 Å². The highest BCUT2D eigenvalue weighted by molar-refractivity contribution is 9.10. The zero-order chi connectivity index (χ0) is 15.7. The minimum Gasteiger partial charge on any atom is -0.395 e. The smallest absolute Gasteiger partial charge is 0.0606 e. The van der Waals surface area contributed by atoms with Gasteiger partial charge < -0.3 is 15.3 Å². The van der Waals surface area contributed by atoms with Crippen molar-refractivity contribution in [3.05, 3.63) is 28.2 Å². The van der Waals surface area contributed by atoms with E-state index in [2.05, 4.69) is 65.1 Å². The van der Waals surface area contributed by atoms with Gasteiger partial charge in [0, 0.05) is 29.8 Å². The molecular weight excluding hydrogens is 328 g/mol. The van der Waals surface area contributed by atoms with Crippen molar-refractivity contribution in [3.8, 4) is 0 Å². The summed E-state index contributed by atoms with van der Waals surface area (Å²) in [6.07, 6.45) is 2.31. The highest BCUT2D eigenvalue weighted by Crippen LogP contribution is 2.25. The van der Waals surface area contributed by atoms with Crippen molar-refractivity contribution in [1.29, 1.82) is 0 Å². The SMILES string of the molecule is CCCCN(CCO)c1ccc(Br)cc1CNCC(C)C. The van der Waals surface area contributed by atoms with Crippen molar-refractivity contribution in [1.82, 2.24) is 5.32 Å². The van der Waals surface area contributed by atoms with E-state index in [-0.39, 0.29) is 6.61 Å². The molecule has 1 aromatic carbocycles. The number of hydrogen-bond donors (Lipinski definition) is 2. The van der Waals surface area contributed by atoms with E-state index in [0.29, 0.717) is 12.5 Å². The molecule has 0 spiro atoms. The third-order valence-electron chi connectivity index (χ3n) is 3.40. The van der Waals surface area contributed by atoms with E-state index >= 15 is 0 Å². The van der Waals surface area contributed by atoms with Gasteiger partial charge in [-0.1, -0.05) is 43.1 Å². The van der Waals surface area contributed by atoms with Gasteiger partial charge in [0.2, 0.25) is 0 Å². The Bertz CT molecular complexity index is 410. The average molecular weight is 357 g/mol. The molecule has 0 fully saturated rings. The Kier molecular flexibility index (Phi) is 8.97. The number of aliphatic hydroxyl groups is 1. The van der Waals surface area contributed by atoms with Crippen LogP contribution in [0.15, 0.2) is 22.7 Å². The van der Waals surface area contributed by atoms with Crippen LogP contribution in [0.1, 0.15) is 39.2 Å². The molecule has 120 valence electrons. The summed E-state index contributed by atoms with van der Waals surface area (Å²) < 4.78 is 1.10. The first-order chi connectivity index (χ1) is 10.1. The molecule has 0 unspecified atom stereocenters. The first kappa shape index (κ1) is 18.5. The van der Waals surface area contributed by atoms with Crippen LogP contribution in [0.2, 0.25) is 0 Å². The summed E-state index contributed by atoms with van der Waals surface area (Å²) in [6.45, 7) is 10.4.